The van der Waals surface area contributed by atoms with Crippen molar-refractivity contribution in [3.8, 4) is 6.07 Å². The van der Waals surface area contributed by atoms with Gasteiger partial charge < -0.3 is 0 Å². The summed E-state index contributed by atoms with van der Waals surface area (Å²) < 4.78 is 0.752. The van der Waals surface area contributed by atoms with Gasteiger partial charge in [-0.25, -0.2) is 4.59 Å². The van der Waals surface area contributed by atoms with E-state index in [1.807, 2.05) is 19.3 Å². The van der Waals surface area contributed by atoms with Gasteiger partial charge >= 0.3 is 0 Å². The number of hydrogen-bond acceptors (Lipinski definition) is 3. The molecular formula is C13H19N4+. The molecule has 1 aromatic rings. The molecule has 4 nitrogen and oxygen atoms in total. The minimum Gasteiger partial charge on any atom is -0.257 e. The quantitative estimate of drug-likeness (QED) is 0.792. The second-order valence-corrected chi connectivity index (χ2v) is 4.60. The maximum Gasteiger partial charge on any atom is 0.171 e. The van der Waals surface area contributed by atoms with Crippen LogP contribution in [0.5, 0.6) is 0 Å². The third-order valence-electron chi connectivity index (χ3n) is 3.60. The topological polar surface area (TPSA) is 48.7 Å². The predicted octanol–water partition coefficient (Wildman–Crippen LogP) is 1.97. The van der Waals surface area contributed by atoms with Gasteiger partial charge in [0.25, 0.3) is 0 Å². The summed E-state index contributed by atoms with van der Waals surface area (Å²) in [5.41, 5.74) is 5.16. The molecule has 1 aliphatic rings. The number of nitrogens with zero attached hydrogens (tertiary/aromatic N) is 3. The van der Waals surface area contributed by atoms with E-state index < -0.39 is 0 Å². The first-order chi connectivity index (χ1) is 8.30. The first-order valence-electron chi connectivity index (χ1n) is 6.22. The molecule has 0 unspecified atom stereocenters. The summed E-state index contributed by atoms with van der Waals surface area (Å²) in [6.45, 7) is 2.15. The molecule has 17 heavy (non-hydrogen) atoms. The molecule has 0 amide bonds. The van der Waals surface area contributed by atoms with Crippen LogP contribution in [0.15, 0.2) is 18.5 Å². The first kappa shape index (κ1) is 12.0. The van der Waals surface area contributed by atoms with Crippen molar-refractivity contribution in [1.82, 2.24) is 15.0 Å². The summed E-state index contributed by atoms with van der Waals surface area (Å²) in [6, 6.07) is 4.12. The lowest BCUT2D eigenvalue weighted by molar-refractivity contribution is 0.216. The minimum absolute atomic E-state index is 0.638. The van der Waals surface area contributed by atoms with E-state index >= 15 is 0 Å². The van der Waals surface area contributed by atoms with Crippen LogP contribution in [0.1, 0.15) is 31.2 Å². The zero-order chi connectivity index (χ0) is 12.1. The Kier molecular flexibility index (Phi) is 3.72. The van der Waals surface area contributed by atoms with Gasteiger partial charge in [-0.15, -0.1) is 0 Å². The Morgan fingerprint density at radius 1 is 1.24 bits per heavy atom. The Balaban J connectivity index is 2.35. The van der Waals surface area contributed by atoms with Crippen LogP contribution >= 0.6 is 0 Å². The van der Waals surface area contributed by atoms with Crippen molar-refractivity contribution >= 4 is 5.69 Å². The van der Waals surface area contributed by atoms with Gasteiger partial charge in [0.15, 0.2) is 5.69 Å². The third kappa shape index (κ3) is 2.46. The van der Waals surface area contributed by atoms with E-state index in [1.165, 1.54) is 25.7 Å². The van der Waals surface area contributed by atoms with Crippen LogP contribution in [0.25, 0.3) is 0 Å². The number of nitrogens with one attached hydrogen (secondary N) is 1. The smallest absolute Gasteiger partial charge is 0.171 e. The number of nitriles is 1. The van der Waals surface area contributed by atoms with Gasteiger partial charge in [-0.3, -0.25) is 4.98 Å². The van der Waals surface area contributed by atoms with E-state index in [1.54, 1.807) is 6.20 Å². The lowest BCUT2D eigenvalue weighted by atomic mass is 10.2. The molecular weight excluding hydrogens is 212 g/mol. The van der Waals surface area contributed by atoms with Crippen molar-refractivity contribution in [2.75, 3.05) is 20.1 Å². The molecule has 0 radical (unpaired) electrons. The van der Waals surface area contributed by atoms with Gasteiger partial charge in [0, 0.05) is 19.3 Å². The number of rotatable bonds is 2. The number of pyridine rings is 1. The van der Waals surface area contributed by atoms with Gasteiger partial charge in [0.1, 0.15) is 19.2 Å². The highest BCUT2D eigenvalue weighted by molar-refractivity contribution is 5.45. The average Bonchev–Trinajstić information content (AvgIpc) is 2.65. The summed E-state index contributed by atoms with van der Waals surface area (Å²) in [7, 11) is 1.99. The van der Waals surface area contributed by atoms with Gasteiger partial charge in [0.05, 0.1) is 11.8 Å². The van der Waals surface area contributed by atoms with Crippen molar-refractivity contribution in [2.45, 2.75) is 25.7 Å². The summed E-state index contributed by atoms with van der Waals surface area (Å²) >= 11 is 0. The van der Waals surface area contributed by atoms with Crippen LogP contribution in [0, 0.1) is 11.3 Å². The molecule has 1 saturated heterocycles. The van der Waals surface area contributed by atoms with E-state index in [-0.39, 0.29) is 0 Å². The monoisotopic (exact) mass is 231 g/mol. The zero-order valence-corrected chi connectivity index (χ0v) is 10.3. The summed E-state index contributed by atoms with van der Waals surface area (Å²) in [4.78, 5) is 4.18. The average molecular weight is 231 g/mol. The Labute approximate surface area is 102 Å². The molecule has 0 bridgehead atoms. The standard InChI is InChI=1S/C13H19N4/c1-15-17(6-4-2-3-5-7-17)13-8-12(9-14)10-16-11-13/h8,10-11,15H,2-7H2,1H3/q+1. The number of quaternary nitrogens is 1. The fourth-order valence-electron chi connectivity index (χ4n) is 2.56. The molecule has 1 fully saturated rings. The fraction of sp³-hybridized carbons (Fsp3) is 0.538. The molecule has 1 aromatic heterocycles. The minimum atomic E-state index is 0.638. The Morgan fingerprint density at radius 3 is 2.53 bits per heavy atom. The maximum absolute atomic E-state index is 8.96. The molecule has 2 rings (SSSR count). The first-order valence-corrected chi connectivity index (χ1v) is 6.22. The maximum atomic E-state index is 8.96. The molecule has 0 aromatic carbocycles. The van der Waals surface area contributed by atoms with E-state index in [0.717, 1.165) is 23.4 Å². The molecule has 1 aliphatic heterocycles. The molecule has 0 spiro atoms. The Hall–Kier alpha value is -1.44. The van der Waals surface area contributed by atoms with Crippen molar-refractivity contribution in [2.24, 2.45) is 0 Å². The van der Waals surface area contributed by atoms with Crippen LogP contribution in [0.3, 0.4) is 0 Å². The highest BCUT2D eigenvalue weighted by atomic mass is 15.7. The van der Waals surface area contributed by atoms with E-state index in [2.05, 4.69) is 16.5 Å². The number of hydrogen-bond donors (Lipinski definition) is 1. The lowest BCUT2D eigenvalue weighted by Crippen LogP contribution is -2.58. The molecule has 1 N–H and O–H groups in total. The van der Waals surface area contributed by atoms with E-state index in [0.29, 0.717) is 5.56 Å². The number of aromatic nitrogens is 1. The summed E-state index contributed by atoms with van der Waals surface area (Å²) in [5.74, 6) is 0. The SMILES string of the molecule is CN[N+]1(c2cncc(C#N)c2)CCCCCC1. The Bertz CT molecular complexity index is 414. The van der Waals surface area contributed by atoms with Crippen LogP contribution in [-0.4, -0.2) is 25.1 Å². The van der Waals surface area contributed by atoms with E-state index in [9.17, 15) is 0 Å². The van der Waals surface area contributed by atoms with E-state index in [4.69, 9.17) is 5.26 Å². The second-order valence-electron chi connectivity index (χ2n) is 4.60. The molecule has 90 valence electrons. The molecule has 4 heteroatoms. The third-order valence-corrected chi connectivity index (χ3v) is 3.60. The highest BCUT2D eigenvalue weighted by Crippen LogP contribution is 2.25. The van der Waals surface area contributed by atoms with Crippen molar-refractivity contribution < 1.29 is 0 Å². The predicted molar refractivity (Wildman–Crippen MR) is 68.0 cm³/mol. The molecule has 2 heterocycles. The zero-order valence-electron chi connectivity index (χ0n) is 10.3. The lowest BCUT2D eigenvalue weighted by Gasteiger charge is -2.35. The van der Waals surface area contributed by atoms with Gasteiger partial charge in [-0.2, -0.15) is 10.7 Å². The molecule has 0 saturated carbocycles. The van der Waals surface area contributed by atoms with Crippen LogP contribution in [0.4, 0.5) is 5.69 Å². The second kappa shape index (κ2) is 5.26. The van der Waals surface area contributed by atoms with Crippen molar-refractivity contribution in [3.05, 3.63) is 24.0 Å². The normalized spacial score (nSPS) is 19.3. The molecule has 0 atom stereocenters. The van der Waals surface area contributed by atoms with Gasteiger partial charge in [-0.05, 0) is 25.7 Å². The largest absolute Gasteiger partial charge is 0.257 e. The van der Waals surface area contributed by atoms with Crippen molar-refractivity contribution in [1.29, 1.82) is 5.26 Å². The van der Waals surface area contributed by atoms with Crippen LogP contribution < -0.4 is 10.0 Å². The van der Waals surface area contributed by atoms with Crippen molar-refractivity contribution in [3.63, 3.8) is 0 Å². The summed E-state index contributed by atoms with van der Waals surface area (Å²) in [5, 5.41) is 8.96. The van der Waals surface area contributed by atoms with Crippen LogP contribution in [0.2, 0.25) is 0 Å². The van der Waals surface area contributed by atoms with Crippen LogP contribution in [-0.2, 0) is 0 Å². The Morgan fingerprint density at radius 2 is 1.94 bits per heavy atom. The highest BCUT2D eigenvalue weighted by Gasteiger charge is 2.31. The summed E-state index contributed by atoms with van der Waals surface area (Å²) in [6.07, 6.45) is 8.53. The fourth-order valence-corrected chi connectivity index (χ4v) is 2.56. The molecule has 0 aliphatic carbocycles. The van der Waals surface area contributed by atoms with Gasteiger partial charge in [-0.1, -0.05) is 0 Å². The van der Waals surface area contributed by atoms with Gasteiger partial charge in [0.2, 0.25) is 0 Å².